The standard InChI is InChI=1S/C20H23NO3/c1-24-17(15-8-4-2-5-9-15)19(23)21-14-20(12-13-20)18(22)16-10-6-3-7-11-16/h2-11,17-18,22H,12-14H2,1H3,(H,21,23). The van der Waals surface area contributed by atoms with Crippen LogP contribution in [0.4, 0.5) is 0 Å². The summed E-state index contributed by atoms with van der Waals surface area (Å²) in [5, 5.41) is 13.6. The Labute approximate surface area is 142 Å². The lowest BCUT2D eigenvalue weighted by Gasteiger charge is -2.24. The minimum atomic E-state index is -0.629. The Hall–Kier alpha value is -2.17. The second kappa shape index (κ2) is 7.16. The Bertz CT molecular complexity index is 668. The predicted molar refractivity (Wildman–Crippen MR) is 92.3 cm³/mol. The van der Waals surface area contributed by atoms with E-state index in [4.69, 9.17) is 4.74 Å². The first-order valence-electron chi connectivity index (χ1n) is 8.25. The van der Waals surface area contributed by atoms with E-state index < -0.39 is 12.2 Å². The third-order valence-electron chi connectivity index (χ3n) is 4.78. The van der Waals surface area contributed by atoms with Crippen molar-refractivity contribution in [2.24, 2.45) is 5.41 Å². The lowest BCUT2D eigenvalue weighted by Crippen LogP contribution is -2.36. The van der Waals surface area contributed by atoms with Crippen LogP contribution in [0, 0.1) is 5.41 Å². The average molecular weight is 325 g/mol. The first-order valence-corrected chi connectivity index (χ1v) is 8.25. The summed E-state index contributed by atoms with van der Waals surface area (Å²) in [6.45, 7) is 0.453. The second-order valence-electron chi connectivity index (χ2n) is 6.42. The fraction of sp³-hybridized carbons (Fsp3) is 0.350. The highest BCUT2D eigenvalue weighted by Gasteiger charge is 2.49. The van der Waals surface area contributed by atoms with Gasteiger partial charge in [-0.3, -0.25) is 4.79 Å². The number of amides is 1. The van der Waals surface area contributed by atoms with Gasteiger partial charge in [-0.2, -0.15) is 0 Å². The van der Waals surface area contributed by atoms with Gasteiger partial charge in [-0.05, 0) is 24.0 Å². The number of hydrogen-bond donors (Lipinski definition) is 2. The minimum absolute atomic E-state index is 0.171. The van der Waals surface area contributed by atoms with E-state index in [0.717, 1.165) is 24.0 Å². The third-order valence-corrected chi connectivity index (χ3v) is 4.78. The normalized spacial score (nSPS) is 17.8. The van der Waals surface area contributed by atoms with E-state index >= 15 is 0 Å². The van der Waals surface area contributed by atoms with Gasteiger partial charge < -0.3 is 15.2 Å². The van der Waals surface area contributed by atoms with Crippen molar-refractivity contribution in [2.45, 2.75) is 25.0 Å². The molecule has 1 aliphatic carbocycles. The van der Waals surface area contributed by atoms with Gasteiger partial charge in [0.05, 0.1) is 6.10 Å². The largest absolute Gasteiger partial charge is 0.388 e. The first kappa shape index (κ1) is 16.7. The van der Waals surface area contributed by atoms with E-state index in [1.54, 1.807) is 0 Å². The van der Waals surface area contributed by atoms with Crippen molar-refractivity contribution in [2.75, 3.05) is 13.7 Å². The van der Waals surface area contributed by atoms with Gasteiger partial charge in [-0.25, -0.2) is 0 Å². The number of hydrogen-bond acceptors (Lipinski definition) is 3. The molecule has 126 valence electrons. The van der Waals surface area contributed by atoms with E-state index in [1.807, 2.05) is 60.7 Å². The summed E-state index contributed by atoms with van der Waals surface area (Å²) in [5.74, 6) is -0.171. The summed E-state index contributed by atoms with van der Waals surface area (Å²) in [5.41, 5.74) is 1.47. The molecule has 2 N–H and O–H groups in total. The Morgan fingerprint density at radius 3 is 2.12 bits per heavy atom. The van der Waals surface area contributed by atoms with Gasteiger partial charge in [0.1, 0.15) is 0 Å². The molecule has 1 fully saturated rings. The molecule has 3 rings (SSSR count). The number of aliphatic hydroxyl groups is 1. The highest BCUT2D eigenvalue weighted by Crippen LogP contribution is 2.54. The zero-order chi connectivity index (χ0) is 17.0. The predicted octanol–water partition coefficient (Wildman–Crippen LogP) is 3.00. The van der Waals surface area contributed by atoms with Crippen molar-refractivity contribution in [3.63, 3.8) is 0 Å². The van der Waals surface area contributed by atoms with Crippen LogP contribution in [0.1, 0.15) is 36.2 Å². The summed E-state index contributed by atoms with van der Waals surface area (Å²) >= 11 is 0. The van der Waals surface area contributed by atoms with Crippen molar-refractivity contribution in [3.05, 3.63) is 71.8 Å². The van der Waals surface area contributed by atoms with Crippen LogP contribution in [0.3, 0.4) is 0 Å². The molecule has 0 radical (unpaired) electrons. The zero-order valence-electron chi connectivity index (χ0n) is 13.8. The highest BCUT2D eigenvalue weighted by molar-refractivity contribution is 5.82. The van der Waals surface area contributed by atoms with Gasteiger partial charge in [0.15, 0.2) is 6.10 Å². The van der Waals surface area contributed by atoms with E-state index in [-0.39, 0.29) is 11.3 Å². The van der Waals surface area contributed by atoms with Crippen molar-refractivity contribution in [3.8, 4) is 0 Å². The van der Waals surface area contributed by atoms with Crippen molar-refractivity contribution < 1.29 is 14.6 Å². The third kappa shape index (κ3) is 3.50. The van der Waals surface area contributed by atoms with Gasteiger partial charge in [0.2, 0.25) is 0 Å². The quantitative estimate of drug-likeness (QED) is 0.823. The smallest absolute Gasteiger partial charge is 0.253 e. The number of carbonyl (C=O) groups excluding carboxylic acids is 1. The lowest BCUT2D eigenvalue weighted by molar-refractivity contribution is -0.132. The summed E-state index contributed by atoms with van der Waals surface area (Å²) < 4.78 is 5.35. The molecule has 4 heteroatoms. The first-order chi connectivity index (χ1) is 11.7. The molecule has 0 heterocycles. The number of nitrogens with one attached hydrogen (secondary N) is 1. The molecule has 2 unspecified atom stereocenters. The van der Waals surface area contributed by atoms with Crippen molar-refractivity contribution in [1.29, 1.82) is 0 Å². The number of ether oxygens (including phenoxy) is 1. The summed E-state index contributed by atoms with van der Waals surface area (Å²) in [4.78, 5) is 12.5. The van der Waals surface area contributed by atoms with Crippen LogP contribution >= 0.6 is 0 Å². The molecular formula is C20H23NO3. The molecule has 24 heavy (non-hydrogen) atoms. The van der Waals surface area contributed by atoms with Gasteiger partial charge in [0.25, 0.3) is 5.91 Å². The molecule has 0 aliphatic heterocycles. The van der Waals surface area contributed by atoms with Crippen molar-refractivity contribution >= 4 is 5.91 Å². The van der Waals surface area contributed by atoms with Gasteiger partial charge in [-0.1, -0.05) is 60.7 Å². The topological polar surface area (TPSA) is 58.6 Å². The molecule has 0 spiro atoms. The number of aliphatic hydroxyl groups excluding tert-OH is 1. The lowest BCUT2D eigenvalue weighted by atomic mass is 9.92. The van der Waals surface area contributed by atoms with Crippen LogP contribution in [0.25, 0.3) is 0 Å². The van der Waals surface area contributed by atoms with Crippen LogP contribution in [-0.4, -0.2) is 24.7 Å². The Morgan fingerprint density at radius 2 is 1.62 bits per heavy atom. The fourth-order valence-corrected chi connectivity index (χ4v) is 3.07. The van der Waals surface area contributed by atoms with Gasteiger partial charge >= 0.3 is 0 Å². The maximum Gasteiger partial charge on any atom is 0.253 e. The number of rotatable bonds is 7. The molecule has 0 saturated heterocycles. The Balaban J connectivity index is 1.63. The summed E-state index contributed by atoms with van der Waals surface area (Å²) in [6.07, 6.45) is 0.631. The molecule has 1 aliphatic rings. The fourth-order valence-electron chi connectivity index (χ4n) is 3.07. The molecule has 1 amide bonds. The SMILES string of the molecule is COC(C(=O)NCC1(C(O)c2ccccc2)CC1)c1ccccc1. The molecule has 2 aromatic carbocycles. The zero-order valence-corrected chi connectivity index (χ0v) is 13.8. The second-order valence-corrected chi connectivity index (χ2v) is 6.42. The van der Waals surface area contributed by atoms with Gasteiger partial charge in [0, 0.05) is 19.1 Å². The van der Waals surface area contributed by atoms with E-state index in [1.165, 1.54) is 7.11 Å². The number of carbonyl (C=O) groups is 1. The van der Waals surface area contributed by atoms with Crippen LogP contribution in [0.5, 0.6) is 0 Å². The van der Waals surface area contributed by atoms with Crippen molar-refractivity contribution in [1.82, 2.24) is 5.32 Å². The van der Waals surface area contributed by atoms with Crippen LogP contribution in [0.2, 0.25) is 0 Å². The molecule has 0 bridgehead atoms. The monoisotopic (exact) mass is 325 g/mol. The van der Waals surface area contributed by atoms with Crippen LogP contribution < -0.4 is 5.32 Å². The molecule has 1 saturated carbocycles. The Morgan fingerprint density at radius 1 is 1.08 bits per heavy atom. The summed E-state index contributed by atoms with van der Waals surface area (Å²) in [7, 11) is 1.53. The van der Waals surface area contributed by atoms with Crippen LogP contribution in [-0.2, 0) is 9.53 Å². The van der Waals surface area contributed by atoms with E-state index in [9.17, 15) is 9.90 Å². The number of benzene rings is 2. The average Bonchev–Trinajstić information content (AvgIpc) is 3.43. The van der Waals surface area contributed by atoms with E-state index in [2.05, 4.69) is 5.32 Å². The van der Waals surface area contributed by atoms with Crippen LogP contribution in [0.15, 0.2) is 60.7 Å². The van der Waals surface area contributed by atoms with Gasteiger partial charge in [-0.15, -0.1) is 0 Å². The summed E-state index contributed by atoms with van der Waals surface area (Å²) in [6, 6.07) is 19.0. The highest BCUT2D eigenvalue weighted by atomic mass is 16.5. The molecular weight excluding hydrogens is 302 g/mol. The number of methoxy groups -OCH3 is 1. The maximum atomic E-state index is 12.5. The van der Waals surface area contributed by atoms with E-state index in [0.29, 0.717) is 6.54 Å². The minimum Gasteiger partial charge on any atom is -0.388 e. The molecule has 4 nitrogen and oxygen atoms in total. The molecule has 2 aromatic rings. The molecule has 2 atom stereocenters. The maximum absolute atomic E-state index is 12.5. The Kier molecular flexibility index (Phi) is 4.97. The molecule has 0 aromatic heterocycles.